The summed E-state index contributed by atoms with van der Waals surface area (Å²) in [5, 5.41) is 4.11. The molecule has 5 nitrogen and oxygen atoms in total. The fourth-order valence-electron chi connectivity index (χ4n) is 4.03. The van der Waals surface area contributed by atoms with Crippen LogP contribution in [0, 0.1) is 0 Å². The highest BCUT2D eigenvalue weighted by Gasteiger charge is 2.22. The van der Waals surface area contributed by atoms with Crippen molar-refractivity contribution in [3.05, 3.63) is 96.2 Å². The predicted molar refractivity (Wildman–Crippen MR) is 127 cm³/mol. The molecule has 0 spiro atoms. The van der Waals surface area contributed by atoms with E-state index in [1.54, 1.807) is 7.11 Å². The molecule has 0 radical (unpaired) electrons. The Hall–Kier alpha value is -3.57. The fourth-order valence-corrected chi connectivity index (χ4v) is 4.03. The molecule has 0 saturated carbocycles. The van der Waals surface area contributed by atoms with Gasteiger partial charge in [0.15, 0.2) is 0 Å². The van der Waals surface area contributed by atoms with E-state index in [9.17, 15) is 4.79 Å². The largest absolute Gasteiger partial charge is 0.457 e. The molecule has 4 rings (SSSR count). The summed E-state index contributed by atoms with van der Waals surface area (Å²) >= 11 is 0. The van der Waals surface area contributed by atoms with Crippen LogP contribution in [-0.2, 0) is 16.6 Å². The van der Waals surface area contributed by atoms with Gasteiger partial charge in [0.05, 0.1) is 6.61 Å². The summed E-state index contributed by atoms with van der Waals surface area (Å²) in [5.74, 6) is 1.42. The molecule has 164 valence electrons. The monoisotopic (exact) mass is 428 g/mol. The number of carbonyl (C=O) groups excluding carboxylic acids is 1. The van der Waals surface area contributed by atoms with Crippen LogP contribution < -0.4 is 10.1 Å². The molecule has 1 heterocycles. The average molecular weight is 429 g/mol. The average Bonchev–Trinajstić information content (AvgIpc) is 3.15. The maximum atomic E-state index is 12.8. The van der Waals surface area contributed by atoms with Gasteiger partial charge < -0.3 is 19.4 Å². The van der Waals surface area contributed by atoms with Crippen LogP contribution in [0.5, 0.6) is 11.5 Å². The Kier molecular flexibility index (Phi) is 6.87. The van der Waals surface area contributed by atoms with Crippen molar-refractivity contribution in [3.63, 3.8) is 0 Å². The summed E-state index contributed by atoms with van der Waals surface area (Å²) < 4.78 is 13.2. The zero-order valence-corrected chi connectivity index (χ0v) is 18.5. The second-order valence-electron chi connectivity index (χ2n) is 7.80. The molecule has 1 atom stereocenters. The van der Waals surface area contributed by atoms with Crippen LogP contribution in [0.3, 0.4) is 0 Å². The number of para-hydroxylation sites is 2. The Bertz CT molecular complexity index is 1180. The van der Waals surface area contributed by atoms with Crippen LogP contribution in [0.4, 0.5) is 0 Å². The SMILES string of the molecule is COCCNC(=O)C[C@@H](c1cccc(Oc2ccccc2)c1)c1cn(C)c2ccccc12. The Morgan fingerprint density at radius 1 is 0.969 bits per heavy atom. The first kappa shape index (κ1) is 21.7. The third-order valence-corrected chi connectivity index (χ3v) is 5.56. The number of rotatable bonds is 9. The smallest absolute Gasteiger partial charge is 0.221 e. The molecule has 0 aliphatic carbocycles. The number of hydrogen-bond acceptors (Lipinski definition) is 3. The molecule has 0 saturated heterocycles. The first-order chi connectivity index (χ1) is 15.7. The third kappa shape index (κ3) is 5.01. The minimum atomic E-state index is -0.108. The van der Waals surface area contributed by atoms with Crippen LogP contribution in [0.2, 0.25) is 0 Å². The summed E-state index contributed by atoms with van der Waals surface area (Å²) in [6, 6.07) is 26.0. The molecule has 0 aliphatic rings. The van der Waals surface area contributed by atoms with E-state index in [-0.39, 0.29) is 11.8 Å². The van der Waals surface area contributed by atoms with Gasteiger partial charge in [-0.2, -0.15) is 0 Å². The number of aryl methyl sites for hydroxylation is 1. The van der Waals surface area contributed by atoms with E-state index in [2.05, 4.69) is 34.3 Å². The van der Waals surface area contributed by atoms with Crippen molar-refractivity contribution in [2.24, 2.45) is 7.05 Å². The van der Waals surface area contributed by atoms with Gasteiger partial charge in [-0.3, -0.25) is 4.79 Å². The Labute approximate surface area is 188 Å². The third-order valence-electron chi connectivity index (χ3n) is 5.56. The molecule has 0 fully saturated rings. The van der Waals surface area contributed by atoms with Crippen molar-refractivity contribution >= 4 is 16.8 Å². The molecule has 0 unspecified atom stereocenters. The summed E-state index contributed by atoms with van der Waals surface area (Å²) in [4.78, 5) is 12.8. The summed E-state index contributed by atoms with van der Waals surface area (Å²) in [6.07, 6.45) is 2.47. The second kappa shape index (κ2) is 10.2. The normalized spacial score (nSPS) is 11.9. The topological polar surface area (TPSA) is 52.5 Å². The molecular formula is C27H28N2O3. The van der Waals surface area contributed by atoms with Crippen LogP contribution in [0.25, 0.3) is 10.9 Å². The maximum absolute atomic E-state index is 12.8. The van der Waals surface area contributed by atoms with Gasteiger partial charge >= 0.3 is 0 Å². The van der Waals surface area contributed by atoms with Gasteiger partial charge in [0.2, 0.25) is 5.91 Å². The van der Waals surface area contributed by atoms with Gasteiger partial charge in [-0.05, 0) is 41.5 Å². The van der Waals surface area contributed by atoms with Crippen LogP contribution in [0.1, 0.15) is 23.5 Å². The molecule has 1 amide bonds. The van der Waals surface area contributed by atoms with Crippen molar-refractivity contribution < 1.29 is 14.3 Å². The lowest BCUT2D eigenvalue weighted by Gasteiger charge is -2.18. The van der Waals surface area contributed by atoms with Gasteiger partial charge in [-0.25, -0.2) is 0 Å². The molecular weight excluding hydrogens is 400 g/mol. The van der Waals surface area contributed by atoms with Crippen LogP contribution >= 0.6 is 0 Å². The molecule has 3 aromatic carbocycles. The van der Waals surface area contributed by atoms with Crippen molar-refractivity contribution in [2.45, 2.75) is 12.3 Å². The first-order valence-corrected chi connectivity index (χ1v) is 10.8. The summed E-state index contributed by atoms with van der Waals surface area (Å²) in [6.45, 7) is 0.986. The lowest BCUT2D eigenvalue weighted by Crippen LogP contribution is -2.28. The van der Waals surface area contributed by atoms with Gasteiger partial charge in [-0.1, -0.05) is 48.5 Å². The van der Waals surface area contributed by atoms with Crippen LogP contribution in [-0.4, -0.2) is 30.7 Å². The molecule has 5 heteroatoms. The van der Waals surface area contributed by atoms with Crippen molar-refractivity contribution in [1.29, 1.82) is 0 Å². The molecule has 0 aliphatic heterocycles. The lowest BCUT2D eigenvalue weighted by molar-refractivity contribution is -0.121. The number of hydrogen-bond donors (Lipinski definition) is 1. The summed E-state index contributed by atoms with van der Waals surface area (Å²) in [5.41, 5.74) is 3.31. The van der Waals surface area contributed by atoms with E-state index in [4.69, 9.17) is 9.47 Å². The van der Waals surface area contributed by atoms with Gasteiger partial charge in [0.1, 0.15) is 11.5 Å². The molecule has 32 heavy (non-hydrogen) atoms. The highest BCUT2D eigenvalue weighted by atomic mass is 16.5. The predicted octanol–water partition coefficient (Wildman–Crippen LogP) is 5.26. The zero-order chi connectivity index (χ0) is 22.3. The quantitative estimate of drug-likeness (QED) is 0.370. The number of carbonyl (C=O) groups is 1. The summed E-state index contributed by atoms with van der Waals surface area (Å²) in [7, 11) is 3.67. The standard InChI is InChI=1S/C27H28N2O3/c1-29-19-25(23-13-6-7-14-26(23)29)24(18-27(30)28-15-16-31-2)20-9-8-12-22(17-20)32-21-10-4-3-5-11-21/h3-14,17,19,24H,15-16,18H2,1-2H3,(H,28,30)/t24-/m0/s1. The Morgan fingerprint density at radius 3 is 2.53 bits per heavy atom. The number of methoxy groups -OCH3 is 1. The van der Waals surface area contributed by atoms with E-state index in [1.165, 1.54) is 0 Å². The van der Waals surface area contributed by atoms with E-state index in [0.717, 1.165) is 33.5 Å². The highest BCUT2D eigenvalue weighted by Crippen LogP contribution is 2.36. The van der Waals surface area contributed by atoms with Crippen molar-refractivity contribution in [2.75, 3.05) is 20.3 Å². The number of fused-ring (bicyclic) bond motifs is 1. The van der Waals surface area contributed by atoms with E-state index < -0.39 is 0 Å². The minimum absolute atomic E-state index is 0.00522. The number of ether oxygens (including phenoxy) is 2. The molecule has 4 aromatic rings. The van der Waals surface area contributed by atoms with Gasteiger partial charge in [-0.15, -0.1) is 0 Å². The lowest BCUT2D eigenvalue weighted by atomic mass is 9.88. The minimum Gasteiger partial charge on any atom is -0.457 e. The molecule has 1 N–H and O–H groups in total. The number of nitrogens with zero attached hydrogens (tertiary/aromatic N) is 1. The van der Waals surface area contributed by atoms with Gasteiger partial charge in [0, 0.05) is 50.1 Å². The van der Waals surface area contributed by atoms with Crippen molar-refractivity contribution in [3.8, 4) is 11.5 Å². The van der Waals surface area contributed by atoms with E-state index in [1.807, 2.05) is 67.7 Å². The van der Waals surface area contributed by atoms with Crippen LogP contribution in [0.15, 0.2) is 85.1 Å². The number of nitrogens with one attached hydrogen (secondary N) is 1. The Balaban J connectivity index is 1.69. The highest BCUT2D eigenvalue weighted by molar-refractivity contribution is 5.86. The molecule has 0 bridgehead atoms. The van der Waals surface area contributed by atoms with Crippen molar-refractivity contribution in [1.82, 2.24) is 9.88 Å². The first-order valence-electron chi connectivity index (χ1n) is 10.8. The van der Waals surface area contributed by atoms with E-state index >= 15 is 0 Å². The maximum Gasteiger partial charge on any atom is 0.221 e. The zero-order valence-electron chi connectivity index (χ0n) is 18.5. The number of amides is 1. The second-order valence-corrected chi connectivity index (χ2v) is 7.80. The Morgan fingerprint density at radius 2 is 1.72 bits per heavy atom. The number of aromatic nitrogens is 1. The van der Waals surface area contributed by atoms with Gasteiger partial charge in [0.25, 0.3) is 0 Å². The van der Waals surface area contributed by atoms with E-state index in [0.29, 0.717) is 19.6 Å². The fraction of sp³-hybridized carbons (Fsp3) is 0.222. The number of benzene rings is 3. The molecule has 1 aromatic heterocycles.